The molecule has 0 spiro atoms. The van der Waals surface area contributed by atoms with E-state index < -0.39 is 5.91 Å². The highest BCUT2D eigenvalue weighted by molar-refractivity contribution is 5.93. The number of rotatable bonds is 4. The highest BCUT2D eigenvalue weighted by atomic mass is 16.2. The van der Waals surface area contributed by atoms with Crippen molar-refractivity contribution in [2.45, 2.75) is 50.9 Å². The fourth-order valence-corrected chi connectivity index (χ4v) is 4.77. The van der Waals surface area contributed by atoms with Crippen LogP contribution in [0.5, 0.6) is 0 Å². The van der Waals surface area contributed by atoms with Gasteiger partial charge < -0.3 is 16.4 Å². The molecule has 0 unspecified atom stereocenters. The van der Waals surface area contributed by atoms with Gasteiger partial charge in [0.1, 0.15) is 0 Å². The molecule has 7 heteroatoms. The number of carbonyl (C=O) groups excluding carboxylic acids is 2. The largest absolute Gasteiger partial charge is 0.368 e. The van der Waals surface area contributed by atoms with E-state index in [1.165, 1.54) is 6.42 Å². The fourth-order valence-electron chi connectivity index (χ4n) is 4.77. The average Bonchev–Trinajstić information content (AvgIpc) is 2.79. The summed E-state index contributed by atoms with van der Waals surface area (Å²) in [6.07, 6.45) is 9.21. The van der Waals surface area contributed by atoms with Crippen LogP contribution in [-0.2, 0) is 4.79 Å². The summed E-state index contributed by atoms with van der Waals surface area (Å²) in [5.74, 6) is 0.364. The lowest BCUT2D eigenvalue weighted by molar-refractivity contribution is -0.137. The number of nitrogens with two attached hydrogens (primary N) is 2. The molecule has 1 atom stereocenters. The van der Waals surface area contributed by atoms with E-state index >= 15 is 0 Å². The number of amides is 2. The van der Waals surface area contributed by atoms with Gasteiger partial charge in [0.15, 0.2) is 0 Å². The topological polar surface area (TPSA) is 115 Å². The summed E-state index contributed by atoms with van der Waals surface area (Å²) >= 11 is 0. The van der Waals surface area contributed by atoms with Crippen LogP contribution in [0.1, 0.15) is 66.9 Å². The molecule has 1 saturated carbocycles. The third kappa shape index (κ3) is 4.30. The monoisotopic (exact) mass is 407 g/mol. The van der Waals surface area contributed by atoms with Gasteiger partial charge >= 0.3 is 0 Å². The molecule has 4 N–H and O–H groups in total. The van der Waals surface area contributed by atoms with Crippen LogP contribution in [-0.4, -0.2) is 39.8 Å². The number of nitrogen functional groups attached to an aromatic ring is 1. The van der Waals surface area contributed by atoms with Gasteiger partial charge in [-0.15, -0.1) is 0 Å². The van der Waals surface area contributed by atoms with Crippen molar-refractivity contribution in [2.75, 3.05) is 18.8 Å². The molecular weight excluding hydrogens is 378 g/mol. The first-order valence-electron chi connectivity index (χ1n) is 10.8. The highest BCUT2D eigenvalue weighted by Gasteiger charge is 2.32. The van der Waals surface area contributed by atoms with Crippen molar-refractivity contribution in [3.63, 3.8) is 0 Å². The fraction of sp³-hybridized carbons (Fsp3) is 0.478. The van der Waals surface area contributed by atoms with Crippen molar-refractivity contribution in [2.24, 2.45) is 11.7 Å². The van der Waals surface area contributed by atoms with Crippen LogP contribution in [0.2, 0.25) is 0 Å². The van der Waals surface area contributed by atoms with Crippen molar-refractivity contribution < 1.29 is 9.59 Å². The zero-order valence-electron chi connectivity index (χ0n) is 17.2. The van der Waals surface area contributed by atoms with Crippen molar-refractivity contribution in [1.29, 1.82) is 0 Å². The van der Waals surface area contributed by atoms with Gasteiger partial charge in [0.2, 0.25) is 17.8 Å². The standard InChI is InChI=1S/C23H29N5O2/c24-21(29)16-10-8-15(9-11-16)19-13-26-23(25)27-20(19)18-7-4-12-28(14-18)22(30)17-5-2-1-3-6-17/h8-11,13,17-18H,1-7,12,14H2,(H2,24,29)(H2,25,26,27)/t18-/m0/s1. The summed E-state index contributed by atoms with van der Waals surface area (Å²) in [7, 11) is 0. The van der Waals surface area contributed by atoms with E-state index in [0.29, 0.717) is 18.0 Å². The predicted molar refractivity (Wildman–Crippen MR) is 116 cm³/mol. The van der Waals surface area contributed by atoms with Gasteiger partial charge in [0.05, 0.1) is 5.69 Å². The van der Waals surface area contributed by atoms with Crippen LogP contribution in [0, 0.1) is 5.92 Å². The summed E-state index contributed by atoms with van der Waals surface area (Å²) in [6, 6.07) is 7.12. The van der Waals surface area contributed by atoms with Crippen LogP contribution in [0.3, 0.4) is 0 Å². The quantitative estimate of drug-likeness (QED) is 0.808. The van der Waals surface area contributed by atoms with E-state index in [0.717, 1.165) is 61.9 Å². The number of likely N-dealkylation sites (tertiary alicyclic amines) is 1. The number of anilines is 1. The Kier molecular flexibility index (Phi) is 5.97. The minimum atomic E-state index is -0.459. The smallest absolute Gasteiger partial charge is 0.248 e. The van der Waals surface area contributed by atoms with E-state index in [1.54, 1.807) is 18.3 Å². The number of primary amides is 1. The Morgan fingerprint density at radius 1 is 1.00 bits per heavy atom. The van der Waals surface area contributed by atoms with Gasteiger partial charge in [-0.2, -0.15) is 0 Å². The lowest BCUT2D eigenvalue weighted by Crippen LogP contribution is -2.43. The minimum Gasteiger partial charge on any atom is -0.368 e. The Morgan fingerprint density at radius 2 is 1.73 bits per heavy atom. The van der Waals surface area contributed by atoms with Gasteiger partial charge in [-0.05, 0) is 43.4 Å². The second-order valence-corrected chi connectivity index (χ2v) is 8.43. The van der Waals surface area contributed by atoms with Gasteiger partial charge in [-0.3, -0.25) is 9.59 Å². The molecule has 1 aliphatic heterocycles. The van der Waals surface area contributed by atoms with E-state index in [4.69, 9.17) is 11.5 Å². The van der Waals surface area contributed by atoms with Crippen molar-refractivity contribution in [3.8, 4) is 11.1 Å². The van der Waals surface area contributed by atoms with E-state index in [1.807, 2.05) is 17.0 Å². The maximum Gasteiger partial charge on any atom is 0.248 e. The van der Waals surface area contributed by atoms with Crippen LogP contribution in [0.15, 0.2) is 30.5 Å². The predicted octanol–water partition coefficient (Wildman–Crippen LogP) is 3.11. The molecule has 0 radical (unpaired) electrons. The number of piperidine rings is 1. The molecule has 2 fully saturated rings. The van der Waals surface area contributed by atoms with Gasteiger partial charge in [-0.1, -0.05) is 31.4 Å². The molecule has 2 aromatic rings. The Labute approximate surface area is 176 Å². The third-order valence-corrected chi connectivity index (χ3v) is 6.39. The molecule has 30 heavy (non-hydrogen) atoms. The highest BCUT2D eigenvalue weighted by Crippen LogP contribution is 2.35. The first-order chi connectivity index (χ1) is 14.5. The van der Waals surface area contributed by atoms with E-state index in [2.05, 4.69) is 9.97 Å². The molecule has 4 rings (SSSR count). The third-order valence-electron chi connectivity index (χ3n) is 6.39. The van der Waals surface area contributed by atoms with Crippen LogP contribution in [0.25, 0.3) is 11.1 Å². The van der Waals surface area contributed by atoms with Gasteiger partial charge in [0.25, 0.3) is 0 Å². The number of hydrogen-bond acceptors (Lipinski definition) is 5. The average molecular weight is 408 g/mol. The molecule has 1 aromatic heterocycles. The Balaban J connectivity index is 1.59. The lowest BCUT2D eigenvalue weighted by atomic mass is 9.86. The molecule has 7 nitrogen and oxygen atoms in total. The molecule has 0 bridgehead atoms. The molecule has 1 aliphatic carbocycles. The molecule has 2 aliphatic rings. The minimum absolute atomic E-state index is 0.113. The first-order valence-corrected chi connectivity index (χ1v) is 10.8. The second kappa shape index (κ2) is 8.81. The van der Waals surface area contributed by atoms with Crippen molar-refractivity contribution in [1.82, 2.24) is 14.9 Å². The van der Waals surface area contributed by atoms with Crippen LogP contribution >= 0.6 is 0 Å². The normalized spacial score (nSPS) is 20.1. The van der Waals surface area contributed by atoms with Gasteiger partial charge in [-0.25, -0.2) is 9.97 Å². The maximum absolute atomic E-state index is 13.1. The summed E-state index contributed by atoms with van der Waals surface area (Å²) in [6.45, 7) is 1.48. The zero-order chi connectivity index (χ0) is 21.1. The van der Waals surface area contributed by atoms with Crippen molar-refractivity contribution in [3.05, 3.63) is 41.7 Å². The number of aromatic nitrogens is 2. The molecule has 1 aromatic carbocycles. The van der Waals surface area contributed by atoms with E-state index in [9.17, 15) is 9.59 Å². The Bertz CT molecular complexity index is 922. The lowest BCUT2D eigenvalue weighted by Gasteiger charge is -2.36. The summed E-state index contributed by atoms with van der Waals surface area (Å²) < 4.78 is 0. The molecule has 2 heterocycles. The molecule has 158 valence electrons. The summed E-state index contributed by atoms with van der Waals surface area (Å²) in [4.78, 5) is 35.3. The second-order valence-electron chi connectivity index (χ2n) is 8.43. The van der Waals surface area contributed by atoms with Crippen molar-refractivity contribution >= 4 is 17.8 Å². The number of nitrogens with zero attached hydrogens (tertiary/aromatic N) is 3. The first kappa shape index (κ1) is 20.3. The van der Waals surface area contributed by atoms with Crippen LogP contribution < -0.4 is 11.5 Å². The van der Waals surface area contributed by atoms with E-state index in [-0.39, 0.29) is 17.8 Å². The SMILES string of the molecule is NC(=O)c1ccc(-c2cnc(N)nc2[C@H]2CCCN(C(=O)C3CCCCC3)C2)cc1. The number of hydrogen-bond donors (Lipinski definition) is 2. The molecular formula is C23H29N5O2. The maximum atomic E-state index is 13.1. The van der Waals surface area contributed by atoms with Crippen LogP contribution in [0.4, 0.5) is 5.95 Å². The molecule has 2 amide bonds. The van der Waals surface area contributed by atoms with Gasteiger partial charge in [0, 0.05) is 42.2 Å². The Morgan fingerprint density at radius 3 is 2.43 bits per heavy atom. The Hall–Kier alpha value is -2.96. The zero-order valence-corrected chi connectivity index (χ0v) is 17.2. The summed E-state index contributed by atoms with van der Waals surface area (Å²) in [5.41, 5.74) is 14.4. The molecule has 1 saturated heterocycles. The number of carbonyl (C=O) groups is 2. The summed E-state index contributed by atoms with van der Waals surface area (Å²) in [5, 5.41) is 0. The number of benzene rings is 1.